The van der Waals surface area contributed by atoms with Crippen molar-refractivity contribution in [3.8, 4) is 0 Å². The molecule has 8 aliphatic rings. The Balaban J connectivity index is 1.26. The lowest BCUT2D eigenvalue weighted by atomic mass is 9.43. The van der Waals surface area contributed by atoms with Crippen LogP contribution < -0.4 is 5.73 Å². The molecule has 8 rings (SSSR count). The Labute approximate surface area is 226 Å². The zero-order valence-corrected chi connectivity index (χ0v) is 22.4. The van der Waals surface area contributed by atoms with E-state index in [0.717, 1.165) is 24.7 Å². The summed E-state index contributed by atoms with van der Waals surface area (Å²) in [5.41, 5.74) is 2.70. The number of ether oxygens (including phenoxy) is 5. The second-order valence-electron chi connectivity index (χ2n) is 13.2. The van der Waals surface area contributed by atoms with Gasteiger partial charge in [0.05, 0.1) is 12.0 Å². The van der Waals surface area contributed by atoms with Gasteiger partial charge in [-0.15, -0.1) is 0 Å². The molecule has 8 bridgehead atoms. The van der Waals surface area contributed by atoms with Crippen LogP contribution in [-0.4, -0.2) is 78.3 Å². The van der Waals surface area contributed by atoms with Crippen LogP contribution in [0.15, 0.2) is 11.6 Å². The van der Waals surface area contributed by atoms with Gasteiger partial charge in [0.2, 0.25) is 5.91 Å². The molecule has 11 nitrogen and oxygen atoms in total. The number of hydrogen-bond acceptors (Lipinski definition) is 9. The van der Waals surface area contributed by atoms with Gasteiger partial charge >= 0.3 is 11.9 Å². The number of fused-ring (bicyclic) bond motifs is 2. The molecule has 0 aromatic heterocycles. The van der Waals surface area contributed by atoms with E-state index < -0.39 is 64.8 Å². The summed E-state index contributed by atoms with van der Waals surface area (Å²) in [5, 5.41) is 22.4. The first-order valence-corrected chi connectivity index (χ1v) is 14.1. The predicted molar refractivity (Wildman–Crippen MR) is 130 cm³/mol. The van der Waals surface area contributed by atoms with E-state index in [0.29, 0.717) is 18.8 Å². The Kier molecular flexibility index (Phi) is 5.41. The fourth-order valence-corrected chi connectivity index (χ4v) is 10.2. The standard InChI is InChI=1S/C28H37NO10/c1-12(2)17-6-14-7-25(10-30)16-5-4-13(3)15(16)8-26(14,27(17,25)24(33)34)11-36-28-22(32)20-19(35-9-18(29)31)21(38-28)23(37-20)39-28/h6,10,12-16,19-23,32H,4-5,7-9,11H2,1-3H3,(H2,29,31)(H,33,34). The number of aliphatic hydroxyl groups excluding tert-OH is 1. The van der Waals surface area contributed by atoms with Crippen LogP contribution in [0.25, 0.3) is 0 Å². The average molecular weight is 548 g/mol. The number of amides is 1. The Morgan fingerprint density at radius 1 is 1.23 bits per heavy atom. The highest BCUT2D eigenvalue weighted by molar-refractivity contribution is 5.90. The topological polar surface area (TPSA) is 164 Å². The van der Waals surface area contributed by atoms with Gasteiger partial charge in [0.15, 0.2) is 12.4 Å². The number of nitrogens with two attached hydrogens (primary N) is 1. The molecular formula is C28H37NO10. The van der Waals surface area contributed by atoms with Gasteiger partial charge < -0.3 is 39.7 Å². The molecule has 0 spiro atoms. The van der Waals surface area contributed by atoms with Gasteiger partial charge in [0, 0.05) is 5.41 Å². The number of primary amides is 1. The van der Waals surface area contributed by atoms with E-state index >= 15 is 0 Å². The minimum Gasteiger partial charge on any atom is -0.481 e. The van der Waals surface area contributed by atoms with Gasteiger partial charge in [0.1, 0.15) is 36.6 Å². The Bertz CT molecular complexity index is 1160. The Morgan fingerprint density at radius 2 is 2.00 bits per heavy atom. The summed E-state index contributed by atoms with van der Waals surface area (Å²) >= 11 is 0. The van der Waals surface area contributed by atoms with E-state index in [1.54, 1.807) is 0 Å². The van der Waals surface area contributed by atoms with Crippen LogP contribution in [0, 0.1) is 45.8 Å². The number of carboxylic acid groups (broad SMARTS) is 1. The van der Waals surface area contributed by atoms with Gasteiger partial charge in [-0.25, -0.2) is 0 Å². The number of rotatable bonds is 9. The summed E-state index contributed by atoms with van der Waals surface area (Å²) in [6, 6.07) is 0. The number of carbonyl (C=O) groups is 3. The van der Waals surface area contributed by atoms with E-state index in [9.17, 15) is 24.6 Å². The molecule has 0 radical (unpaired) electrons. The quantitative estimate of drug-likeness (QED) is 0.280. The minimum atomic E-state index is -1.86. The summed E-state index contributed by atoms with van der Waals surface area (Å²) in [6.45, 7) is 5.76. The maximum atomic E-state index is 13.6. The van der Waals surface area contributed by atoms with Crippen LogP contribution >= 0.6 is 0 Å². The first-order chi connectivity index (χ1) is 18.5. The van der Waals surface area contributed by atoms with Crippen molar-refractivity contribution in [3.05, 3.63) is 11.6 Å². The molecule has 7 fully saturated rings. The monoisotopic (exact) mass is 547 g/mol. The highest BCUT2D eigenvalue weighted by Crippen LogP contribution is 2.82. The molecule has 13 atom stereocenters. The van der Waals surface area contributed by atoms with E-state index in [1.165, 1.54) is 0 Å². The summed E-state index contributed by atoms with van der Waals surface area (Å²) in [6.07, 6.45) is 1.32. The SMILES string of the molecule is CC(C)C1=CC2CC3(C=O)C4CCC(C)C4CC2(COC24OC5OC(C(OCC(N)=O)C5O2)C4O)C13C(=O)O. The third-order valence-electron chi connectivity index (χ3n) is 11.5. The van der Waals surface area contributed by atoms with Crippen LogP contribution in [-0.2, 0) is 38.1 Å². The van der Waals surface area contributed by atoms with Crippen LogP contribution in [0.3, 0.4) is 0 Å². The fourth-order valence-electron chi connectivity index (χ4n) is 10.2. The molecule has 4 N–H and O–H groups in total. The number of allylic oxidation sites excluding steroid dienone is 1. The largest absolute Gasteiger partial charge is 0.481 e. The number of aldehydes is 1. The zero-order chi connectivity index (χ0) is 27.7. The first kappa shape index (κ1) is 26.0. The van der Waals surface area contributed by atoms with E-state index in [-0.39, 0.29) is 36.9 Å². The summed E-state index contributed by atoms with van der Waals surface area (Å²) in [7, 11) is 0. The Morgan fingerprint density at radius 3 is 2.67 bits per heavy atom. The minimum absolute atomic E-state index is 0.00711. The Hall–Kier alpha value is -1.89. The molecule has 3 saturated carbocycles. The normalized spacial score (nSPS) is 53.9. The van der Waals surface area contributed by atoms with Crippen LogP contribution in [0.2, 0.25) is 0 Å². The molecule has 0 aromatic rings. The van der Waals surface area contributed by atoms with Gasteiger partial charge in [-0.2, -0.15) is 0 Å². The lowest BCUT2D eigenvalue weighted by molar-refractivity contribution is -0.448. The van der Waals surface area contributed by atoms with Gasteiger partial charge in [-0.05, 0) is 48.9 Å². The maximum absolute atomic E-state index is 13.6. The average Bonchev–Trinajstić information content (AvgIpc) is 3.61. The molecular weight excluding hydrogens is 510 g/mol. The molecule has 4 aliphatic carbocycles. The first-order valence-electron chi connectivity index (χ1n) is 14.1. The second-order valence-corrected chi connectivity index (χ2v) is 13.2. The van der Waals surface area contributed by atoms with Gasteiger partial charge in [-0.3, -0.25) is 14.3 Å². The van der Waals surface area contributed by atoms with Crippen LogP contribution in [0.5, 0.6) is 0 Å². The maximum Gasteiger partial charge on any atom is 0.316 e. The van der Waals surface area contributed by atoms with Gasteiger partial charge in [0.25, 0.3) is 0 Å². The third kappa shape index (κ3) is 2.82. The van der Waals surface area contributed by atoms with Crippen molar-refractivity contribution in [2.45, 2.75) is 83.1 Å². The van der Waals surface area contributed by atoms with E-state index in [2.05, 4.69) is 13.0 Å². The molecule has 4 heterocycles. The summed E-state index contributed by atoms with van der Waals surface area (Å²) < 4.78 is 29.8. The number of carbonyl (C=O) groups excluding carboxylic acids is 2. The molecule has 0 aromatic carbocycles. The van der Waals surface area contributed by atoms with Crippen LogP contribution in [0.4, 0.5) is 0 Å². The van der Waals surface area contributed by atoms with Crippen molar-refractivity contribution in [1.29, 1.82) is 0 Å². The lowest BCUT2D eigenvalue weighted by Crippen LogP contribution is -2.66. The zero-order valence-electron chi connectivity index (χ0n) is 22.4. The van der Waals surface area contributed by atoms with Crippen molar-refractivity contribution in [2.24, 2.45) is 51.6 Å². The van der Waals surface area contributed by atoms with Crippen molar-refractivity contribution >= 4 is 18.2 Å². The molecule has 4 aliphatic heterocycles. The molecule has 4 saturated heterocycles. The molecule has 1 amide bonds. The smallest absolute Gasteiger partial charge is 0.316 e. The number of hydrogen-bond donors (Lipinski definition) is 3. The molecule has 39 heavy (non-hydrogen) atoms. The van der Waals surface area contributed by atoms with Crippen molar-refractivity contribution in [3.63, 3.8) is 0 Å². The summed E-state index contributed by atoms with van der Waals surface area (Å²) in [5.74, 6) is -3.15. The van der Waals surface area contributed by atoms with E-state index in [1.807, 2.05) is 13.8 Å². The lowest BCUT2D eigenvalue weighted by Gasteiger charge is -2.58. The second kappa shape index (κ2) is 8.10. The molecule has 11 heteroatoms. The van der Waals surface area contributed by atoms with E-state index in [4.69, 9.17) is 29.4 Å². The van der Waals surface area contributed by atoms with Gasteiger partial charge in [-0.1, -0.05) is 38.8 Å². The van der Waals surface area contributed by atoms with Crippen molar-refractivity contribution in [2.75, 3.05) is 13.2 Å². The highest BCUT2D eigenvalue weighted by atomic mass is 17.0. The fraction of sp³-hybridized carbons (Fsp3) is 0.821. The van der Waals surface area contributed by atoms with Crippen molar-refractivity contribution in [1.82, 2.24) is 0 Å². The number of carboxylic acids is 1. The number of aliphatic hydroxyl groups is 1. The molecule has 214 valence electrons. The van der Waals surface area contributed by atoms with Crippen molar-refractivity contribution < 1.29 is 48.3 Å². The molecule has 13 unspecified atom stereocenters. The van der Waals surface area contributed by atoms with Crippen LogP contribution in [0.1, 0.15) is 46.5 Å². The highest BCUT2D eigenvalue weighted by Gasteiger charge is 2.85. The number of aliphatic carboxylic acids is 1. The summed E-state index contributed by atoms with van der Waals surface area (Å²) in [4.78, 5) is 38.1. The third-order valence-corrected chi connectivity index (χ3v) is 11.5. The predicted octanol–water partition coefficient (Wildman–Crippen LogP) is 0.967.